The van der Waals surface area contributed by atoms with Crippen molar-refractivity contribution in [3.8, 4) is 0 Å². The largest absolute Gasteiger partial charge is 0.388 e. The number of ether oxygens (including phenoxy) is 1. The van der Waals surface area contributed by atoms with Gasteiger partial charge in [0.25, 0.3) is 0 Å². The summed E-state index contributed by atoms with van der Waals surface area (Å²) >= 11 is 1.65. The van der Waals surface area contributed by atoms with Gasteiger partial charge in [0.15, 0.2) is 0 Å². The highest BCUT2D eigenvalue weighted by molar-refractivity contribution is 7.18. The van der Waals surface area contributed by atoms with Crippen LogP contribution in [0.2, 0.25) is 0 Å². The first-order valence-corrected chi connectivity index (χ1v) is 7.83. The number of para-hydroxylation sites is 1. The zero-order chi connectivity index (χ0) is 14.2. The number of hydrogen-bond acceptors (Lipinski definition) is 4. The molecule has 0 radical (unpaired) electrons. The van der Waals surface area contributed by atoms with Gasteiger partial charge in [0.1, 0.15) is 0 Å². The lowest BCUT2D eigenvalue weighted by molar-refractivity contribution is 0.134. The first kappa shape index (κ1) is 13.0. The van der Waals surface area contributed by atoms with E-state index in [-0.39, 0.29) is 0 Å². The molecular formula is C17H15NO2S. The van der Waals surface area contributed by atoms with Crippen molar-refractivity contribution >= 4 is 21.6 Å². The van der Waals surface area contributed by atoms with Crippen LogP contribution in [0.5, 0.6) is 0 Å². The normalized spacial score (nSPS) is 15.3. The van der Waals surface area contributed by atoms with Crippen molar-refractivity contribution in [2.45, 2.75) is 25.7 Å². The third-order valence-corrected chi connectivity index (χ3v) is 4.90. The zero-order valence-electron chi connectivity index (χ0n) is 11.5. The molecule has 1 aliphatic rings. The summed E-state index contributed by atoms with van der Waals surface area (Å²) in [7, 11) is 0. The Hall–Kier alpha value is -1.75. The van der Waals surface area contributed by atoms with E-state index in [0.717, 1.165) is 16.1 Å². The topological polar surface area (TPSA) is 42.4 Å². The van der Waals surface area contributed by atoms with Crippen LogP contribution in [0, 0.1) is 0 Å². The Morgan fingerprint density at radius 2 is 2.00 bits per heavy atom. The average Bonchev–Trinajstić information content (AvgIpc) is 3.11. The molecule has 0 fully saturated rings. The van der Waals surface area contributed by atoms with Gasteiger partial charge in [0, 0.05) is 6.42 Å². The molecule has 1 atom stereocenters. The lowest BCUT2D eigenvalue weighted by Crippen LogP contribution is -2.02. The lowest BCUT2D eigenvalue weighted by atomic mass is 10.0. The van der Waals surface area contributed by atoms with Crippen LogP contribution >= 0.6 is 11.3 Å². The van der Waals surface area contributed by atoms with E-state index in [0.29, 0.717) is 19.6 Å². The summed E-state index contributed by atoms with van der Waals surface area (Å²) in [5, 5.41) is 11.4. The van der Waals surface area contributed by atoms with E-state index in [1.165, 1.54) is 15.8 Å². The third-order valence-electron chi connectivity index (χ3n) is 3.84. The number of aliphatic hydroxyl groups excluding tert-OH is 1. The number of hydrogen-bond donors (Lipinski definition) is 1. The van der Waals surface area contributed by atoms with E-state index in [1.807, 2.05) is 24.3 Å². The SMILES string of the molecule is OC(Cc1nc2ccccc2s1)c1ccc2c(c1)COC2. The minimum absolute atomic E-state index is 0.517. The van der Waals surface area contributed by atoms with Gasteiger partial charge in [0.05, 0.1) is 34.5 Å². The van der Waals surface area contributed by atoms with Crippen molar-refractivity contribution in [2.75, 3.05) is 0 Å². The van der Waals surface area contributed by atoms with Gasteiger partial charge in [-0.2, -0.15) is 0 Å². The Morgan fingerprint density at radius 3 is 2.90 bits per heavy atom. The molecule has 0 saturated carbocycles. The quantitative estimate of drug-likeness (QED) is 0.803. The second-order valence-corrected chi connectivity index (χ2v) is 6.43. The standard InChI is InChI=1S/C17H15NO2S/c19-15(11-5-6-12-9-20-10-13(12)7-11)8-17-18-14-3-1-2-4-16(14)21-17/h1-7,15,19H,8-10H2. The molecule has 0 amide bonds. The number of rotatable bonds is 3. The predicted molar refractivity (Wildman–Crippen MR) is 83.2 cm³/mol. The Bertz CT molecular complexity index is 763. The molecule has 1 aliphatic heterocycles. The van der Waals surface area contributed by atoms with Crippen LogP contribution in [0.15, 0.2) is 42.5 Å². The highest BCUT2D eigenvalue weighted by Crippen LogP contribution is 2.28. The van der Waals surface area contributed by atoms with Crippen LogP contribution in [0.1, 0.15) is 27.8 Å². The fourth-order valence-electron chi connectivity index (χ4n) is 2.69. The molecule has 0 aliphatic carbocycles. The van der Waals surface area contributed by atoms with Gasteiger partial charge in [0.2, 0.25) is 0 Å². The van der Waals surface area contributed by atoms with Gasteiger partial charge in [-0.15, -0.1) is 11.3 Å². The van der Waals surface area contributed by atoms with Gasteiger partial charge >= 0.3 is 0 Å². The van der Waals surface area contributed by atoms with Crippen molar-refractivity contribution in [3.05, 3.63) is 64.2 Å². The summed E-state index contributed by atoms with van der Waals surface area (Å²) in [6, 6.07) is 14.2. The summed E-state index contributed by atoms with van der Waals surface area (Å²) in [6.45, 7) is 1.33. The van der Waals surface area contributed by atoms with E-state index in [1.54, 1.807) is 11.3 Å². The maximum Gasteiger partial charge on any atom is 0.0967 e. The average molecular weight is 297 g/mol. The number of aliphatic hydroxyl groups is 1. The minimum Gasteiger partial charge on any atom is -0.388 e. The van der Waals surface area contributed by atoms with Crippen LogP contribution in [0.4, 0.5) is 0 Å². The fourth-order valence-corrected chi connectivity index (χ4v) is 3.69. The van der Waals surface area contributed by atoms with Crippen LogP contribution in [-0.2, 0) is 24.4 Å². The monoisotopic (exact) mass is 297 g/mol. The van der Waals surface area contributed by atoms with E-state index < -0.39 is 6.10 Å². The van der Waals surface area contributed by atoms with Gasteiger partial charge in [-0.05, 0) is 28.8 Å². The van der Waals surface area contributed by atoms with E-state index in [2.05, 4.69) is 23.2 Å². The predicted octanol–water partition coefficient (Wildman–Crippen LogP) is 3.60. The summed E-state index contributed by atoms with van der Waals surface area (Å²) < 4.78 is 6.58. The minimum atomic E-state index is -0.517. The van der Waals surface area contributed by atoms with Crippen molar-refractivity contribution in [2.24, 2.45) is 0 Å². The summed E-state index contributed by atoms with van der Waals surface area (Å²) in [5.74, 6) is 0. The van der Waals surface area contributed by atoms with Crippen molar-refractivity contribution in [1.82, 2.24) is 4.98 Å². The molecular weight excluding hydrogens is 282 g/mol. The maximum atomic E-state index is 10.5. The number of fused-ring (bicyclic) bond motifs is 2. The third kappa shape index (κ3) is 2.46. The molecule has 2 heterocycles. The van der Waals surface area contributed by atoms with Gasteiger partial charge < -0.3 is 9.84 Å². The van der Waals surface area contributed by atoms with Crippen LogP contribution in [0.3, 0.4) is 0 Å². The summed E-state index contributed by atoms with van der Waals surface area (Å²) in [5.41, 5.74) is 4.37. The van der Waals surface area contributed by atoms with E-state index >= 15 is 0 Å². The van der Waals surface area contributed by atoms with Crippen molar-refractivity contribution < 1.29 is 9.84 Å². The zero-order valence-corrected chi connectivity index (χ0v) is 12.3. The lowest BCUT2D eigenvalue weighted by Gasteiger charge is -2.10. The molecule has 4 heteroatoms. The molecule has 0 spiro atoms. The van der Waals surface area contributed by atoms with E-state index in [4.69, 9.17) is 4.74 Å². The molecule has 4 rings (SSSR count). The summed E-state index contributed by atoms with van der Waals surface area (Å²) in [6.07, 6.45) is 0.0374. The second-order valence-electron chi connectivity index (χ2n) is 5.32. The first-order valence-electron chi connectivity index (χ1n) is 7.01. The van der Waals surface area contributed by atoms with Crippen LogP contribution in [-0.4, -0.2) is 10.1 Å². The van der Waals surface area contributed by atoms with Crippen LogP contribution < -0.4 is 0 Å². The van der Waals surface area contributed by atoms with E-state index in [9.17, 15) is 5.11 Å². The van der Waals surface area contributed by atoms with Gasteiger partial charge in [-0.25, -0.2) is 4.98 Å². The number of benzene rings is 2. The fraction of sp³-hybridized carbons (Fsp3) is 0.235. The molecule has 21 heavy (non-hydrogen) atoms. The molecule has 0 saturated heterocycles. The number of nitrogens with zero attached hydrogens (tertiary/aromatic N) is 1. The highest BCUT2D eigenvalue weighted by atomic mass is 32.1. The first-order chi connectivity index (χ1) is 10.3. The molecule has 1 N–H and O–H groups in total. The van der Waals surface area contributed by atoms with Crippen molar-refractivity contribution in [1.29, 1.82) is 0 Å². The molecule has 1 unspecified atom stereocenters. The molecule has 3 nitrogen and oxygen atoms in total. The van der Waals surface area contributed by atoms with Crippen molar-refractivity contribution in [3.63, 3.8) is 0 Å². The molecule has 1 aromatic heterocycles. The Labute approximate surface area is 126 Å². The summed E-state index contributed by atoms with van der Waals surface area (Å²) in [4.78, 5) is 4.58. The molecule has 2 aromatic carbocycles. The van der Waals surface area contributed by atoms with Crippen LogP contribution in [0.25, 0.3) is 10.2 Å². The Balaban J connectivity index is 1.58. The number of aromatic nitrogens is 1. The Morgan fingerprint density at radius 1 is 1.14 bits per heavy atom. The van der Waals surface area contributed by atoms with Gasteiger partial charge in [-0.1, -0.05) is 30.3 Å². The number of thiazole rings is 1. The molecule has 0 bridgehead atoms. The molecule has 3 aromatic rings. The second kappa shape index (κ2) is 5.22. The van der Waals surface area contributed by atoms with Gasteiger partial charge in [-0.3, -0.25) is 0 Å². The smallest absolute Gasteiger partial charge is 0.0967 e. The molecule has 106 valence electrons. The Kier molecular flexibility index (Phi) is 3.22. The highest BCUT2D eigenvalue weighted by Gasteiger charge is 2.16. The maximum absolute atomic E-state index is 10.5.